The third kappa shape index (κ3) is 4.63. The monoisotopic (exact) mass is 426 g/mol. The maximum Gasteiger partial charge on any atom is 0.259 e. The first kappa shape index (κ1) is 21.4. The largest absolute Gasteiger partial charge is 0.495 e. The number of amides is 2. The molecule has 156 valence electrons. The van der Waals surface area contributed by atoms with Crippen LogP contribution in [0.15, 0.2) is 48.7 Å². The first-order valence-electron chi connectivity index (χ1n) is 9.41. The van der Waals surface area contributed by atoms with E-state index in [-0.39, 0.29) is 17.7 Å². The molecule has 3 aromatic rings. The van der Waals surface area contributed by atoms with Crippen LogP contribution in [0.25, 0.3) is 5.69 Å². The van der Waals surface area contributed by atoms with Crippen molar-refractivity contribution in [1.29, 1.82) is 0 Å². The number of nitrogens with zero attached hydrogens (tertiary/aromatic N) is 2. The second-order valence-corrected chi connectivity index (χ2v) is 7.47. The van der Waals surface area contributed by atoms with Crippen LogP contribution >= 0.6 is 11.6 Å². The molecule has 0 bridgehead atoms. The molecule has 2 N–H and O–H groups in total. The van der Waals surface area contributed by atoms with Crippen molar-refractivity contribution in [3.05, 3.63) is 64.9 Å². The number of carbonyl (C=O) groups excluding carboxylic acids is 2. The van der Waals surface area contributed by atoms with Gasteiger partial charge in [0.1, 0.15) is 5.75 Å². The van der Waals surface area contributed by atoms with E-state index in [9.17, 15) is 9.59 Å². The fourth-order valence-electron chi connectivity index (χ4n) is 3.15. The molecule has 0 aliphatic heterocycles. The van der Waals surface area contributed by atoms with Gasteiger partial charge in [0, 0.05) is 17.6 Å². The highest BCUT2D eigenvalue weighted by molar-refractivity contribution is 6.30. The van der Waals surface area contributed by atoms with Crippen molar-refractivity contribution in [2.45, 2.75) is 26.7 Å². The van der Waals surface area contributed by atoms with Crippen molar-refractivity contribution < 1.29 is 14.3 Å². The molecule has 2 aromatic carbocycles. The zero-order chi connectivity index (χ0) is 21.8. The molecule has 0 fully saturated rings. The van der Waals surface area contributed by atoms with E-state index in [1.54, 1.807) is 41.2 Å². The van der Waals surface area contributed by atoms with E-state index in [2.05, 4.69) is 15.7 Å². The van der Waals surface area contributed by atoms with Gasteiger partial charge in [-0.3, -0.25) is 9.59 Å². The molecule has 2 amide bonds. The first-order valence-corrected chi connectivity index (χ1v) is 9.78. The molecule has 0 unspecified atom stereocenters. The summed E-state index contributed by atoms with van der Waals surface area (Å²) in [7, 11) is 1.51. The predicted octanol–water partition coefficient (Wildman–Crippen LogP) is 4.87. The number of hydrogen-bond acceptors (Lipinski definition) is 4. The van der Waals surface area contributed by atoms with Gasteiger partial charge < -0.3 is 15.4 Å². The highest BCUT2D eigenvalue weighted by Gasteiger charge is 2.21. The van der Waals surface area contributed by atoms with E-state index in [4.69, 9.17) is 16.3 Å². The molecule has 30 heavy (non-hydrogen) atoms. The van der Waals surface area contributed by atoms with Crippen molar-refractivity contribution >= 4 is 34.8 Å². The average molecular weight is 427 g/mol. The molecule has 3 rings (SSSR count). The Kier molecular flexibility index (Phi) is 6.42. The van der Waals surface area contributed by atoms with Gasteiger partial charge in [-0.15, -0.1) is 0 Å². The molecule has 7 nitrogen and oxygen atoms in total. The van der Waals surface area contributed by atoms with Crippen molar-refractivity contribution in [2.24, 2.45) is 0 Å². The number of carbonyl (C=O) groups is 2. The molecule has 1 heterocycles. The number of methoxy groups -OCH3 is 1. The Balaban J connectivity index is 1.92. The summed E-state index contributed by atoms with van der Waals surface area (Å²) in [5.41, 5.74) is 3.07. The quantitative estimate of drug-likeness (QED) is 0.589. The summed E-state index contributed by atoms with van der Waals surface area (Å²) in [5.74, 6) is 0.0253. The maximum absolute atomic E-state index is 13.0. The minimum absolute atomic E-state index is 0.0507. The molecule has 0 aliphatic carbocycles. The van der Waals surface area contributed by atoms with Gasteiger partial charge in [0.15, 0.2) is 0 Å². The molecule has 0 saturated heterocycles. The summed E-state index contributed by atoms with van der Waals surface area (Å²) in [4.78, 5) is 24.5. The van der Waals surface area contributed by atoms with Crippen LogP contribution in [0.3, 0.4) is 0 Å². The van der Waals surface area contributed by atoms with Gasteiger partial charge in [-0.1, -0.05) is 25.4 Å². The summed E-state index contributed by atoms with van der Waals surface area (Å²) in [6, 6.07) is 12.3. The molecule has 0 aliphatic rings. The van der Waals surface area contributed by atoms with Crippen molar-refractivity contribution in [3.63, 3.8) is 0 Å². The fourth-order valence-corrected chi connectivity index (χ4v) is 3.27. The van der Waals surface area contributed by atoms with Crippen molar-refractivity contribution in [3.8, 4) is 11.4 Å². The van der Waals surface area contributed by atoms with Gasteiger partial charge in [-0.05, 0) is 48.4 Å². The molecule has 0 atom stereocenters. The third-order valence-corrected chi connectivity index (χ3v) is 4.69. The van der Waals surface area contributed by atoms with E-state index >= 15 is 0 Å². The number of hydrogen-bond donors (Lipinski definition) is 2. The fraction of sp³-hybridized carbons (Fsp3) is 0.227. The Labute approximate surface area is 180 Å². The topological polar surface area (TPSA) is 85.2 Å². The van der Waals surface area contributed by atoms with E-state index in [1.165, 1.54) is 14.0 Å². The molecule has 0 saturated carbocycles. The Morgan fingerprint density at radius 3 is 2.40 bits per heavy atom. The van der Waals surface area contributed by atoms with Crippen LogP contribution in [0.4, 0.5) is 11.4 Å². The molecular formula is C22H23ClN4O3. The lowest BCUT2D eigenvalue weighted by Gasteiger charge is -2.14. The first-order chi connectivity index (χ1) is 14.3. The van der Waals surface area contributed by atoms with Gasteiger partial charge in [-0.2, -0.15) is 5.10 Å². The minimum Gasteiger partial charge on any atom is -0.495 e. The van der Waals surface area contributed by atoms with E-state index in [1.807, 2.05) is 26.0 Å². The van der Waals surface area contributed by atoms with Crippen molar-refractivity contribution in [1.82, 2.24) is 9.78 Å². The number of benzene rings is 2. The predicted molar refractivity (Wildman–Crippen MR) is 118 cm³/mol. The number of anilines is 2. The minimum atomic E-state index is -0.294. The Morgan fingerprint density at radius 1 is 1.10 bits per heavy atom. The maximum atomic E-state index is 13.0. The second kappa shape index (κ2) is 9.00. The number of rotatable bonds is 6. The molecule has 8 heteroatoms. The number of nitrogens with one attached hydrogen (secondary N) is 2. The van der Waals surface area contributed by atoms with Gasteiger partial charge >= 0.3 is 0 Å². The van der Waals surface area contributed by atoms with Crippen LogP contribution < -0.4 is 15.4 Å². The highest BCUT2D eigenvalue weighted by atomic mass is 35.5. The number of aromatic nitrogens is 2. The summed E-state index contributed by atoms with van der Waals surface area (Å²) in [6.07, 6.45) is 1.55. The lowest BCUT2D eigenvalue weighted by Crippen LogP contribution is -2.16. The van der Waals surface area contributed by atoms with Gasteiger partial charge in [-0.25, -0.2) is 4.68 Å². The van der Waals surface area contributed by atoms with Crippen molar-refractivity contribution in [2.75, 3.05) is 17.7 Å². The summed E-state index contributed by atoms with van der Waals surface area (Å²) in [5, 5.41) is 10.6. The smallest absolute Gasteiger partial charge is 0.259 e. The van der Waals surface area contributed by atoms with Crippen LogP contribution in [0.2, 0.25) is 5.02 Å². The highest BCUT2D eigenvalue weighted by Crippen LogP contribution is 2.29. The van der Waals surface area contributed by atoms with Crippen LogP contribution in [0.5, 0.6) is 5.75 Å². The lowest BCUT2D eigenvalue weighted by molar-refractivity contribution is -0.114. The van der Waals surface area contributed by atoms with Gasteiger partial charge in [0.2, 0.25) is 5.91 Å². The Bertz CT molecular complexity index is 1070. The molecule has 0 spiro atoms. The lowest BCUT2D eigenvalue weighted by atomic mass is 10.0. The third-order valence-electron chi connectivity index (χ3n) is 4.44. The average Bonchev–Trinajstić information content (AvgIpc) is 3.14. The zero-order valence-corrected chi connectivity index (χ0v) is 17.9. The molecule has 1 aromatic heterocycles. The molecule has 0 radical (unpaired) electrons. The number of halogens is 1. The van der Waals surface area contributed by atoms with Crippen LogP contribution in [0, 0.1) is 0 Å². The van der Waals surface area contributed by atoms with Crippen LogP contribution in [-0.4, -0.2) is 28.7 Å². The van der Waals surface area contributed by atoms with E-state index in [0.29, 0.717) is 27.7 Å². The number of ether oxygens (including phenoxy) is 1. The summed E-state index contributed by atoms with van der Waals surface area (Å²) >= 11 is 5.98. The van der Waals surface area contributed by atoms with Crippen LogP contribution in [0.1, 0.15) is 42.7 Å². The summed E-state index contributed by atoms with van der Waals surface area (Å²) in [6.45, 7) is 5.41. The SMILES string of the molecule is COc1ccc(NC(=O)c2cnn(-c3ccc(Cl)cc3)c2C(C)C)cc1NC(C)=O. The second-order valence-electron chi connectivity index (χ2n) is 7.04. The van der Waals surface area contributed by atoms with E-state index < -0.39 is 0 Å². The van der Waals surface area contributed by atoms with Crippen LogP contribution in [-0.2, 0) is 4.79 Å². The Hall–Kier alpha value is -3.32. The zero-order valence-electron chi connectivity index (χ0n) is 17.2. The standard InChI is InChI=1S/C22H23ClN4O3/c1-13(2)21-18(12-24-27(21)17-8-5-15(23)6-9-17)22(29)26-16-7-10-20(30-4)19(11-16)25-14(3)28/h5-13H,1-4H3,(H,25,28)(H,26,29). The summed E-state index contributed by atoms with van der Waals surface area (Å²) < 4.78 is 6.99. The van der Waals surface area contributed by atoms with Gasteiger partial charge in [0.05, 0.1) is 35.9 Å². The molecular weight excluding hydrogens is 404 g/mol. The van der Waals surface area contributed by atoms with E-state index in [0.717, 1.165) is 11.4 Å². The Morgan fingerprint density at radius 2 is 1.80 bits per heavy atom. The van der Waals surface area contributed by atoms with Gasteiger partial charge in [0.25, 0.3) is 5.91 Å². The normalized spacial score (nSPS) is 10.7.